The van der Waals surface area contributed by atoms with E-state index in [4.69, 9.17) is 5.73 Å². The van der Waals surface area contributed by atoms with Crippen LogP contribution >= 0.6 is 0 Å². The van der Waals surface area contributed by atoms with Gasteiger partial charge in [0.15, 0.2) is 0 Å². The Kier molecular flexibility index (Phi) is 2.72. The molecule has 0 fully saturated rings. The third-order valence-electron chi connectivity index (χ3n) is 2.14. The van der Waals surface area contributed by atoms with Crippen molar-refractivity contribution < 1.29 is 4.39 Å². The number of benzene rings is 1. The van der Waals surface area contributed by atoms with Crippen LogP contribution < -0.4 is 10.6 Å². The molecule has 1 heterocycles. The lowest BCUT2D eigenvalue weighted by Crippen LogP contribution is -2.17. The molecular formula is C10H12FN5. The minimum atomic E-state index is -0.250. The average Bonchev–Trinajstić information content (AvgIpc) is 2.65. The molecule has 1 aromatic heterocycles. The fourth-order valence-corrected chi connectivity index (χ4v) is 1.42. The molecule has 0 saturated heterocycles. The number of nitrogens with two attached hydrogens (primary N) is 1. The number of aromatic amines is 1. The van der Waals surface area contributed by atoms with Gasteiger partial charge in [-0.1, -0.05) is 12.1 Å². The molecule has 0 aliphatic rings. The van der Waals surface area contributed by atoms with Crippen molar-refractivity contribution in [1.29, 1.82) is 0 Å². The van der Waals surface area contributed by atoms with Crippen molar-refractivity contribution >= 4 is 11.9 Å². The first kappa shape index (κ1) is 10.4. The van der Waals surface area contributed by atoms with Gasteiger partial charge in [-0.3, -0.25) is 0 Å². The second kappa shape index (κ2) is 4.18. The predicted octanol–water partition coefficient (Wildman–Crippen LogP) is 1.16. The first-order chi connectivity index (χ1) is 7.65. The maximum Gasteiger partial charge on any atom is 0.246 e. The summed E-state index contributed by atoms with van der Waals surface area (Å²) in [5.41, 5.74) is 6.27. The molecule has 1 aromatic carbocycles. The zero-order valence-corrected chi connectivity index (χ0v) is 8.81. The molecule has 0 saturated carbocycles. The Morgan fingerprint density at radius 1 is 1.50 bits per heavy atom. The van der Waals surface area contributed by atoms with Crippen LogP contribution in [0.15, 0.2) is 24.3 Å². The number of hydrogen-bond donors (Lipinski definition) is 2. The molecule has 0 amide bonds. The molecule has 0 spiro atoms. The Balaban J connectivity index is 2.10. The lowest BCUT2D eigenvalue weighted by molar-refractivity contribution is 0.625. The quantitative estimate of drug-likeness (QED) is 0.816. The molecular weight excluding hydrogens is 209 g/mol. The van der Waals surface area contributed by atoms with Gasteiger partial charge in [-0.05, 0) is 17.7 Å². The van der Waals surface area contributed by atoms with Gasteiger partial charge in [0, 0.05) is 13.6 Å². The molecule has 5 nitrogen and oxygen atoms in total. The molecule has 16 heavy (non-hydrogen) atoms. The fraction of sp³-hybridized carbons (Fsp3) is 0.200. The van der Waals surface area contributed by atoms with E-state index in [2.05, 4.69) is 15.2 Å². The molecule has 6 heteroatoms. The Morgan fingerprint density at radius 3 is 2.94 bits per heavy atom. The largest absolute Gasteiger partial charge is 0.368 e. The summed E-state index contributed by atoms with van der Waals surface area (Å²) in [5, 5.41) is 6.45. The molecule has 2 aromatic rings. The van der Waals surface area contributed by atoms with E-state index in [0.29, 0.717) is 12.5 Å². The van der Waals surface area contributed by atoms with E-state index in [-0.39, 0.29) is 11.8 Å². The van der Waals surface area contributed by atoms with Gasteiger partial charge in [-0.25, -0.2) is 9.49 Å². The Bertz CT molecular complexity index is 482. The van der Waals surface area contributed by atoms with Gasteiger partial charge < -0.3 is 10.6 Å². The molecule has 84 valence electrons. The van der Waals surface area contributed by atoms with E-state index in [9.17, 15) is 4.39 Å². The van der Waals surface area contributed by atoms with Crippen molar-refractivity contribution in [3.8, 4) is 0 Å². The molecule has 0 atom stereocenters. The standard InChI is InChI=1S/C10H12FN5/c1-16(10-13-9(12)14-15-10)6-7-3-2-4-8(11)5-7/h2-5H,6H2,1H3,(H3,12,13,14,15). The number of nitrogens with zero attached hydrogens (tertiary/aromatic N) is 3. The highest BCUT2D eigenvalue weighted by Gasteiger charge is 2.07. The summed E-state index contributed by atoms with van der Waals surface area (Å²) in [6.45, 7) is 0.523. The highest BCUT2D eigenvalue weighted by atomic mass is 19.1. The van der Waals surface area contributed by atoms with Crippen LogP contribution in [0.5, 0.6) is 0 Å². The fourth-order valence-electron chi connectivity index (χ4n) is 1.42. The number of nitrogen functional groups attached to an aromatic ring is 1. The van der Waals surface area contributed by atoms with Gasteiger partial charge in [0.1, 0.15) is 5.82 Å². The van der Waals surface area contributed by atoms with Crippen LogP contribution in [-0.2, 0) is 6.54 Å². The average molecular weight is 221 g/mol. The number of anilines is 2. The Hall–Kier alpha value is -2.11. The molecule has 0 radical (unpaired) electrons. The third-order valence-corrected chi connectivity index (χ3v) is 2.14. The predicted molar refractivity (Wildman–Crippen MR) is 59.3 cm³/mol. The summed E-state index contributed by atoms with van der Waals surface area (Å²) in [6, 6.07) is 6.40. The van der Waals surface area contributed by atoms with Crippen molar-refractivity contribution in [2.45, 2.75) is 6.54 Å². The summed E-state index contributed by atoms with van der Waals surface area (Å²) in [4.78, 5) is 5.75. The zero-order valence-electron chi connectivity index (χ0n) is 8.81. The van der Waals surface area contributed by atoms with Crippen molar-refractivity contribution in [3.63, 3.8) is 0 Å². The highest BCUT2D eigenvalue weighted by Crippen LogP contribution is 2.11. The molecule has 2 rings (SSSR count). The van der Waals surface area contributed by atoms with Crippen LogP contribution in [-0.4, -0.2) is 22.2 Å². The normalized spacial score (nSPS) is 10.4. The van der Waals surface area contributed by atoms with Crippen molar-refractivity contribution in [1.82, 2.24) is 15.2 Å². The van der Waals surface area contributed by atoms with Crippen molar-refractivity contribution in [2.24, 2.45) is 0 Å². The minimum absolute atomic E-state index is 0.250. The molecule has 0 unspecified atom stereocenters. The zero-order chi connectivity index (χ0) is 11.5. The lowest BCUT2D eigenvalue weighted by atomic mass is 10.2. The Morgan fingerprint density at radius 2 is 2.31 bits per heavy atom. The smallest absolute Gasteiger partial charge is 0.246 e. The SMILES string of the molecule is CN(Cc1cccc(F)c1)c1n[nH]c(N)n1. The van der Waals surface area contributed by atoms with E-state index < -0.39 is 0 Å². The summed E-state index contributed by atoms with van der Waals surface area (Å²) in [7, 11) is 1.81. The molecule has 0 aliphatic heterocycles. The summed E-state index contributed by atoms with van der Waals surface area (Å²) < 4.78 is 12.9. The van der Waals surface area contributed by atoms with Gasteiger partial charge in [-0.15, -0.1) is 5.10 Å². The van der Waals surface area contributed by atoms with Crippen LogP contribution in [0.4, 0.5) is 16.3 Å². The van der Waals surface area contributed by atoms with E-state index in [1.165, 1.54) is 12.1 Å². The van der Waals surface area contributed by atoms with Crippen LogP contribution in [0.1, 0.15) is 5.56 Å². The van der Waals surface area contributed by atoms with Crippen molar-refractivity contribution in [3.05, 3.63) is 35.6 Å². The molecule has 0 aliphatic carbocycles. The van der Waals surface area contributed by atoms with E-state index in [1.54, 1.807) is 11.0 Å². The van der Waals surface area contributed by atoms with Gasteiger partial charge in [-0.2, -0.15) is 4.98 Å². The first-order valence-corrected chi connectivity index (χ1v) is 4.78. The first-order valence-electron chi connectivity index (χ1n) is 4.78. The minimum Gasteiger partial charge on any atom is -0.368 e. The van der Waals surface area contributed by atoms with Gasteiger partial charge in [0.25, 0.3) is 0 Å². The van der Waals surface area contributed by atoms with Gasteiger partial charge in [0.2, 0.25) is 11.9 Å². The van der Waals surface area contributed by atoms with Crippen LogP contribution in [0.25, 0.3) is 0 Å². The number of nitrogens with one attached hydrogen (secondary N) is 1. The van der Waals surface area contributed by atoms with Crippen LogP contribution in [0.3, 0.4) is 0 Å². The number of hydrogen-bond acceptors (Lipinski definition) is 4. The van der Waals surface area contributed by atoms with Gasteiger partial charge >= 0.3 is 0 Å². The number of halogens is 1. The van der Waals surface area contributed by atoms with Gasteiger partial charge in [0.05, 0.1) is 0 Å². The summed E-state index contributed by atoms with van der Waals surface area (Å²) >= 11 is 0. The third kappa shape index (κ3) is 2.28. The van der Waals surface area contributed by atoms with E-state index in [1.807, 2.05) is 13.1 Å². The monoisotopic (exact) mass is 221 g/mol. The summed E-state index contributed by atoms with van der Waals surface area (Å²) in [6.07, 6.45) is 0. The molecule has 3 N–H and O–H groups in total. The van der Waals surface area contributed by atoms with E-state index in [0.717, 1.165) is 5.56 Å². The second-order valence-corrected chi connectivity index (χ2v) is 3.51. The number of H-pyrrole nitrogens is 1. The van der Waals surface area contributed by atoms with Crippen LogP contribution in [0, 0.1) is 5.82 Å². The number of rotatable bonds is 3. The lowest BCUT2D eigenvalue weighted by Gasteiger charge is -2.14. The maximum absolute atomic E-state index is 12.9. The highest BCUT2D eigenvalue weighted by molar-refractivity contribution is 5.34. The van der Waals surface area contributed by atoms with Crippen molar-refractivity contribution in [2.75, 3.05) is 17.7 Å². The molecule has 0 bridgehead atoms. The number of aromatic nitrogens is 3. The van der Waals surface area contributed by atoms with E-state index >= 15 is 0 Å². The topological polar surface area (TPSA) is 70.8 Å². The maximum atomic E-state index is 12.9. The summed E-state index contributed by atoms with van der Waals surface area (Å²) in [5.74, 6) is 0.503. The second-order valence-electron chi connectivity index (χ2n) is 3.51. The Labute approximate surface area is 92.1 Å². The van der Waals surface area contributed by atoms with Crippen LogP contribution in [0.2, 0.25) is 0 Å².